The van der Waals surface area contributed by atoms with Gasteiger partial charge in [-0.3, -0.25) is 4.98 Å². The lowest BCUT2D eigenvalue weighted by molar-refractivity contribution is 0.407. The minimum atomic E-state index is 0.579. The van der Waals surface area contributed by atoms with Gasteiger partial charge in [0.2, 0.25) is 0 Å². The molecule has 2 aromatic heterocycles. The van der Waals surface area contributed by atoms with Crippen LogP contribution in [0.1, 0.15) is 22.5 Å². The number of hydrogen-bond donors (Lipinski definition) is 1. The van der Waals surface area contributed by atoms with Crippen LogP contribution in [0.3, 0.4) is 0 Å². The van der Waals surface area contributed by atoms with E-state index in [4.69, 9.17) is 10.5 Å². The van der Waals surface area contributed by atoms with Crippen LogP contribution in [-0.4, -0.2) is 35.7 Å². The van der Waals surface area contributed by atoms with E-state index in [1.54, 1.807) is 13.4 Å². The number of ether oxygens (including phenoxy) is 1. The number of anilines is 1. The van der Waals surface area contributed by atoms with E-state index >= 15 is 0 Å². The molecule has 0 atom stereocenters. The number of pyridine rings is 1. The maximum atomic E-state index is 5.58. The SMILES string of the molecule is COc1c(C)cnc(CN(C)c2cc(CCN)ncn2)c1C. The molecule has 0 amide bonds. The van der Waals surface area contributed by atoms with Gasteiger partial charge in [0.05, 0.1) is 19.3 Å². The molecular formula is C16H23N5O. The van der Waals surface area contributed by atoms with Crippen molar-refractivity contribution in [3.8, 4) is 5.75 Å². The summed E-state index contributed by atoms with van der Waals surface area (Å²) in [5.41, 5.74) is 9.60. The normalized spacial score (nSPS) is 10.6. The number of nitrogens with two attached hydrogens (primary N) is 1. The number of methoxy groups -OCH3 is 1. The molecule has 2 heterocycles. The minimum Gasteiger partial charge on any atom is -0.496 e. The molecule has 22 heavy (non-hydrogen) atoms. The molecule has 2 rings (SSSR count). The average molecular weight is 301 g/mol. The lowest BCUT2D eigenvalue weighted by Crippen LogP contribution is -2.20. The van der Waals surface area contributed by atoms with E-state index < -0.39 is 0 Å². The number of rotatable bonds is 6. The lowest BCUT2D eigenvalue weighted by Gasteiger charge is -2.20. The van der Waals surface area contributed by atoms with Crippen LogP contribution in [0.5, 0.6) is 5.75 Å². The summed E-state index contributed by atoms with van der Waals surface area (Å²) in [5.74, 6) is 1.75. The molecule has 0 saturated carbocycles. The lowest BCUT2D eigenvalue weighted by atomic mass is 10.1. The zero-order chi connectivity index (χ0) is 16.1. The number of aryl methyl sites for hydroxylation is 1. The second-order valence-electron chi connectivity index (χ2n) is 5.31. The fourth-order valence-electron chi connectivity index (χ4n) is 2.42. The predicted molar refractivity (Wildman–Crippen MR) is 87.2 cm³/mol. The summed E-state index contributed by atoms with van der Waals surface area (Å²) >= 11 is 0. The Morgan fingerprint density at radius 3 is 2.68 bits per heavy atom. The molecule has 0 aliphatic heterocycles. The Balaban J connectivity index is 2.22. The van der Waals surface area contributed by atoms with Crippen LogP contribution in [0.2, 0.25) is 0 Å². The molecule has 0 unspecified atom stereocenters. The van der Waals surface area contributed by atoms with Crippen LogP contribution in [-0.2, 0) is 13.0 Å². The summed E-state index contributed by atoms with van der Waals surface area (Å²) in [6.07, 6.45) is 4.17. The van der Waals surface area contributed by atoms with E-state index in [0.29, 0.717) is 13.1 Å². The molecule has 0 fully saturated rings. The van der Waals surface area contributed by atoms with Crippen molar-refractivity contribution in [2.45, 2.75) is 26.8 Å². The third kappa shape index (κ3) is 3.51. The number of nitrogens with zero attached hydrogens (tertiary/aromatic N) is 4. The minimum absolute atomic E-state index is 0.579. The molecule has 2 N–H and O–H groups in total. The van der Waals surface area contributed by atoms with Crippen molar-refractivity contribution < 1.29 is 4.74 Å². The first-order valence-corrected chi connectivity index (χ1v) is 7.28. The van der Waals surface area contributed by atoms with Crippen molar-refractivity contribution in [2.24, 2.45) is 5.73 Å². The molecule has 0 spiro atoms. The Labute approximate surface area is 131 Å². The molecule has 0 bridgehead atoms. The predicted octanol–water partition coefficient (Wildman–Crippen LogP) is 1.63. The summed E-state index contributed by atoms with van der Waals surface area (Å²) in [6.45, 7) is 5.26. The van der Waals surface area contributed by atoms with Crippen LogP contribution < -0.4 is 15.4 Å². The Kier molecular flexibility index (Phi) is 5.27. The summed E-state index contributed by atoms with van der Waals surface area (Å²) in [4.78, 5) is 15.1. The van der Waals surface area contributed by atoms with Crippen molar-refractivity contribution >= 4 is 5.82 Å². The van der Waals surface area contributed by atoms with Gasteiger partial charge in [0.25, 0.3) is 0 Å². The topological polar surface area (TPSA) is 77.2 Å². The summed E-state index contributed by atoms with van der Waals surface area (Å²) in [6, 6.07) is 1.97. The first-order chi connectivity index (χ1) is 10.6. The maximum absolute atomic E-state index is 5.58. The van der Waals surface area contributed by atoms with Gasteiger partial charge in [-0.1, -0.05) is 0 Å². The molecule has 0 saturated heterocycles. The van der Waals surface area contributed by atoms with Crippen molar-refractivity contribution in [2.75, 3.05) is 25.6 Å². The van der Waals surface area contributed by atoms with E-state index in [2.05, 4.69) is 15.0 Å². The van der Waals surface area contributed by atoms with Crippen LogP contribution in [0.15, 0.2) is 18.6 Å². The van der Waals surface area contributed by atoms with Gasteiger partial charge in [-0.05, 0) is 20.4 Å². The molecule has 0 radical (unpaired) electrons. The van der Waals surface area contributed by atoms with Gasteiger partial charge in [-0.2, -0.15) is 0 Å². The van der Waals surface area contributed by atoms with E-state index in [9.17, 15) is 0 Å². The molecule has 6 heteroatoms. The van der Waals surface area contributed by atoms with Gasteiger partial charge in [0.1, 0.15) is 17.9 Å². The fraction of sp³-hybridized carbons (Fsp3) is 0.438. The molecule has 6 nitrogen and oxygen atoms in total. The molecule has 0 aromatic carbocycles. The van der Waals surface area contributed by atoms with Crippen molar-refractivity contribution in [1.82, 2.24) is 15.0 Å². The fourth-order valence-corrected chi connectivity index (χ4v) is 2.42. The number of hydrogen-bond acceptors (Lipinski definition) is 6. The largest absolute Gasteiger partial charge is 0.496 e. The smallest absolute Gasteiger partial charge is 0.132 e. The van der Waals surface area contributed by atoms with Gasteiger partial charge in [0, 0.05) is 42.6 Å². The summed E-state index contributed by atoms with van der Waals surface area (Å²) in [7, 11) is 3.67. The average Bonchev–Trinajstić information content (AvgIpc) is 2.51. The maximum Gasteiger partial charge on any atom is 0.132 e. The Morgan fingerprint density at radius 2 is 2.00 bits per heavy atom. The second-order valence-corrected chi connectivity index (χ2v) is 5.31. The highest BCUT2D eigenvalue weighted by molar-refractivity contribution is 5.44. The van der Waals surface area contributed by atoms with Crippen LogP contribution in [0.4, 0.5) is 5.82 Å². The van der Waals surface area contributed by atoms with Crippen LogP contribution >= 0.6 is 0 Å². The zero-order valence-corrected chi connectivity index (χ0v) is 13.6. The standard InChI is InChI=1S/C16H23N5O/c1-11-8-18-14(12(2)16(11)22-4)9-21(3)15-7-13(5-6-17)19-10-20-15/h7-8,10H,5-6,9,17H2,1-4H3. The number of aromatic nitrogens is 3. The third-order valence-electron chi connectivity index (χ3n) is 3.64. The van der Waals surface area contributed by atoms with Gasteiger partial charge >= 0.3 is 0 Å². The van der Waals surface area contributed by atoms with Crippen LogP contribution in [0.25, 0.3) is 0 Å². The van der Waals surface area contributed by atoms with Crippen molar-refractivity contribution in [3.63, 3.8) is 0 Å². The van der Waals surface area contributed by atoms with E-state index in [-0.39, 0.29) is 0 Å². The molecule has 0 aliphatic carbocycles. The van der Waals surface area contributed by atoms with Gasteiger partial charge in [-0.15, -0.1) is 0 Å². The molecule has 2 aromatic rings. The van der Waals surface area contributed by atoms with Gasteiger partial charge in [0.15, 0.2) is 0 Å². The zero-order valence-electron chi connectivity index (χ0n) is 13.6. The van der Waals surface area contributed by atoms with Crippen LogP contribution in [0, 0.1) is 13.8 Å². The Morgan fingerprint density at radius 1 is 1.23 bits per heavy atom. The highest BCUT2D eigenvalue weighted by Gasteiger charge is 2.12. The van der Waals surface area contributed by atoms with E-state index in [1.807, 2.05) is 38.1 Å². The van der Waals surface area contributed by atoms with Crippen molar-refractivity contribution in [3.05, 3.63) is 41.1 Å². The van der Waals surface area contributed by atoms with E-state index in [0.717, 1.165) is 40.5 Å². The van der Waals surface area contributed by atoms with Gasteiger partial charge in [-0.25, -0.2) is 9.97 Å². The molecule has 0 aliphatic rings. The monoisotopic (exact) mass is 301 g/mol. The highest BCUT2D eigenvalue weighted by atomic mass is 16.5. The van der Waals surface area contributed by atoms with E-state index in [1.165, 1.54) is 0 Å². The van der Waals surface area contributed by atoms with Crippen molar-refractivity contribution in [1.29, 1.82) is 0 Å². The summed E-state index contributed by atoms with van der Waals surface area (Å²) in [5, 5.41) is 0. The Bertz CT molecular complexity index is 644. The third-order valence-corrected chi connectivity index (χ3v) is 3.64. The van der Waals surface area contributed by atoms with Gasteiger partial charge < -0.3 is 15.4 Å². The second kappa shape index (κ2) is 7.17. The molecular weight excluding hydrogens is 278 g/mol. The first-order valence-electron chi connectivity index (χ1n) is 7.28. The molecule has 118 valence electrons. The highest BCUT2D eigenvalue weighted by Crippen LogP contribution is 2.25. The Hall–Kier alpha value is -2.21. The summed E-state index contributed by atoms with van der Waals surface area (Å²) < 4.78 is 5.46. The first kappa shape index (κ1) is 16.2. The quantitative estimate of drug-likeness (QED) is 0.874.